The minimum atomic E-state index is -0.121. The van der Waals surface area contributed by atoms with Crippen molar-refractivity contribution in [2.75, 3.05) is 0 Å². The highest BCUT2D eigenvalue weighted by Gasteiger charge is 2.13. The fraction of sp³-hybridized carbons (Fsp3) is 0.471. The van der Waals surface area contributed by atoms with Gasteiger partial charge in [0.05, 0.1) is 17.9 Å². The maximum Gasteiger partial charge on any atom is 0.244 e. The van der Waals surface area contributed by atoms with Gasteiger partial charge in [-0.1, -0.05) is 0 Å². The molecule has 0 spiro atoms. The van der Waals surface area contributed by atoms with Gasteiger partial charge in [0, 0.05) is 42.2 Å². The van der Waals surface area contributed by atoms with Crippen LogP contribution in [0, 0.1) is 13.8 Å². The first-order valence-corrected chi connectivity index (χ1v) is 8.01. The van der Waals surface area contributed by atoms with Crippen LogP contribution in [0.4, 0.5) is 0 Å². The van der Waals surface area contributed by atoms with Crippen molar-refractivity contribution < 1.29 is 4.79 Å². The summed E-state index contributed by atoms with van der Waals surface area (Å²) in [4.78, 5) is 12.1. The third-order valence-electron chi connectivity index (χ3n) is 3.99. The van der Waals surface area contributed by atoms with Gasteiger partial charge >= 0.3 is 0 Å². The van der Waals surface area contributed by atoms with Crippen LogP contribution in [0.1, 0.15) is 49.3 Å². The Hall–Kier alpha value is -2.37. The van der Waals surface area contributed by atoms with Crippen molar-refractivity contribution in [2.45, 2.75) is 53.8 Å². The van der Waals surface area contributed by atoms with E-state index in [1.807, 2.05) is 50.2 Å². The molecular formula is C17H25N5O. The number of hydrogen-bond donors (Lipinski definition) is 1. The molecule has 0 saturated heterocycles. The van der Waals surface area contributed by atoms with Gasteiger partial charge in [0.25, 0.3) is 0 Å². The number of rotatable bonds is 6. The number of nitrogens with zero attached hydrogens (tertiary/aromatic N) is 4. The molecule has 1 N–H and O–H groups in total. The van der Waals surface area contributed by atoms with Crippen molar-refractivity contribution in [1.82, 2.24) is 24.9 Å². The molecule has 2 aromatic heterocycles. The molecule has 0 aromatic carbocycles. The van der Waals surface area contributed by atoms with E-state index in [2.05, 4.69) is 15.5 Å². The second-order valence-corrected chi connectivity index (χ2v) is 5.59. The van der Waals surface area contributed by atoms with Gasteiger partial charge in [-0.3, -0.25) is 14.2 Å². The quantitative estimate of drug-likeness (QED) is 0.833. The Labute approximate surface area is 137 Å². The highest BCUT2D eigenvalue weighted by molar-refractivity contribution is 5.92. The largest absolute Gasteiger partial charge is 0.346 e. The Morgan fingerprint density at radius 3 is 2.65 bits per heavy atom. The van der Waals surface area contributed by atoms with E-state index in [-0.39, 0.29) is 11.9 Å². The van der Waals surface area contributed by atoms with E-state index in [9.17, 15) is 4.79 Å². The Balaban J connectivity index is 2.02. The first-order valence-electron chi connectivity index (χ1n) is 8.01. The second kappa shape index (κ2) is 7.26. The van der Waals surface area contributed by atoms with E-state index in [4.69, 9.17) is 0 Å². The zero-order valence-electron chi connectivity index (χ0n) is 14.5. The van der Waals surface area contributed by atoms with E-state index in [1.54, 1.807) is 18.3 Å². The van der Waals surface area contributed by atoms with Gasteiger partial charge in [0.1, 0.15) is 0 Å². The maximum atomic E-state index is 12.1. The number of aryl methyl sites for hydroxylation is 3. The molecule has 6 nitrogen and oxygen atoms in total. The number of hydrogen-bond acceptors (Lipinski definition) is 3. The molecule has 0 aliphatic carbocycles. The van der Waals surface area contributed by atoms with Crippen LogP contribution in [0.5, 0.6) is 0 Å². The summed E-state index contributed by atoms with van der Waals surface area (Å²) in [6, 6.07) is -0.0769. The van der Waals surface area contributed by atoms with Gasteiger partial charge in [-0.05, 0) is 40.7 Å². The Kier molecular flexibility index (Phi) is 5.36. The molecule has 0 saturated carbocycles. The van der Waals surface area contributed by atoms with E-state index in [0.29, 0.717) is 0 Å². The molecule has 1 amide bonds. The molecule has 0 aliphatic rings. The van der Waals surface area contributed by atoms with E-state index >= 15 is 0 Å². The van der Waals surface area contributed by atoms with Gasteiger partial charge in [-0.15, -0.1) is 0 Å². The van der Waals surface area contributed by atoms with Crippen LogP contribution in [0.25, 0.3) is 6.08 Å². The topological polar surface area (TPSA) is 64.7 Å². The van der Waals surface area contributed by atoms with Gasteiger partial charge in [0.15, 0.2) is 0 Å². The summed E-state index contributed by atoms with van der Waals surface area (Å²) in [7, 11) is 0. The summed E-state index contributed by atoms with van der Waals surface area (Å²) in [5.74, 6) is -0.121. The fourth-order valence-electron chi connectivity index (χ4n) is 2.57. The van der Waals surface area contributed by atoms with Crippen LogP contribution >= 0.6 is 0 Å². The molecule has 1 unspecified atom stereocenters. The van der Waals surface area contributed by atoms with Crippen molar-refractivity contribution in [3.05, 3.63) is 41.0 Å². The van der Waals surface area contributed by atoms with Crippen molar-refractivity contribution in [1.29, 1.82) is 0 Å². The highest BCUT2D eigenvalue weighted by atomic mass is 16.1. The minimum absolute atomic E-state index is 0.0769. The number of amides is 1. The summed E-state index contributed by atoms with van der Waals surface area (Å²) in [6.07, 6.45) is 7.12. The SMILES string of the molecule is CCn1cc(C(C)NC(=O)/C=C/c2cnn(CC)c2C)c(C)n1. The van der Waals surface area contributed by atoms with E-state index in [1.165, 1.54) is 0 Å². The average Bonchev–Trinajstić information content (AvgIpc) is 3.07. The molecule has 1 atom stereocenters. The molecule has 23 heavy (non-hydrogen) atoms. The van der Waals surface area contributed by atoms with Crippen molar-refractivity contribution in [3.63, 3.8) is 0 Å². The van der Waals surface area contributed by atoms with Crippen LogP contribution in [0.2, 0.25) is 0 Å². The lowest BCUT2D eigenvalue weighted by molar-refractivity contribution is -0.117. The second-order valence-electron chi connectivity index (χ2n) is 5.59. The predicted molar refractivity (Wildman–Crippen MR) is 90.9 cm³/mol. The lowest BCUT2D eigenvalue weighted by Gasteiger charge is -2.11. The summed E-state index contributed by atoms with van der Waals surface area (Å²) in [6.45, 7) is 11.7. The van der Waals surface area contributed by atoms with Crippen LogP contribution in [-0.2, 0) is 17.9 Å². The minimum Gasteiger partial charge on any atom is -0.346 e. The Morgan fingerprint density at radius 1 is 1.35 bits per heavy atom. The lowest BCUT2D eigenvalue weighted by Crippen LogP contribution is -2.24. The smallest absolute Gasteiger partial charge is 0.244 e. The molecule has 2 aromatic rings. The fourth-order valence-corrected chi connectivity index (χ4v) is 2.57. The monoisotopic (exact) mass is 315 g/mol. The molecule has 0 fully saturated rings. The number of carbonyl (C=O) groups is 1. The zero-order valence-corrected chi connectivity index (χ0v) is 14.5. The molecular weight excluding hydrogens is 290 g/mol. The molecule has 124 valence electrons. The molecule has 2 rings (SSSR count). The first kappa shape index (κ1) is 17.0. The Bertz CT molecular complexity index is 711. The number of aromatic nitrogens is 4. The average molecular weight is 315 g/mol. The molecule has 0 aliphatic heterocycles. The number of carbonyl (C=O) groups excluding carboxylic acids is 1. The summed E-state index contributed by atoms with van der Waals surface area (Å²) < 4.78 is 3.79. The Morgan fingerprint density at radius 2 is 2.09 bits per heavy atom. The zero-order chi connectivity index (χ0) is 17.0. The lowest BCUT2D eigenvalue weighted by atomic mass is 10.1. The van der Waals surface area contributed by atoms with Gasteiger partial charge in [-0.25, -0.2) is 0 Å². The molecule has 2 heterocycles. The van der Waals surface area contributed by atoms with Crippen LogP contribution in [0.3, 0.4) is 0 Å². The number of nitrogens with one attached hydrogen (secondary N) is 1. The van der Waals surface area contributed by atoms with Crippen LogP contribution in [0.15, 0.2) is 18.5 Å². The summed E-state index contributed by atoms with van der Waals surface area (Å²) in [5.41, 5.74) is 4.02. The highest BCUT2D eigenvalue weighted by Crippen LogP contribution is 2.16. The van der Waals surface area contributed by atoms with Crippen LogP contribution in [-0.4, -0.2) is 25.5 Å². The molecule has 0 bridgehead atoms. The molecule has 0 radical (unpaired) electrons. The van der Waals surface area contributed by atoms with Gasteiger partial charge < -0.3 is 5.32 Å². The van der Waals surface area contributed by atoms with Crippen LogP contribution < -0.4 is 5.32 Å². The third kappa shape index (κ3) is 3.88. The predicted octanol–water partition coefficient (Wildman–Crippen LogP) is 2.63. The van der Waals surface area contributed by atoms with Crippen molar-refractivity contribution in [2.24, 2.45) is 0 Å². The van der Waals surface area contributed by atoms with Gasteiger partial charge in [0.2, 0.25) is 5.91 Å². The van der Waals surface area contributed by atoms with E-state index < -0.39 is 0 Å². The summed E-state index contributed by atoms with van der Waals surface area (Å²) in [5, 5.41) is 11.7. The maximum absolute atomic E-state index is 12.1. The normalized spacial score (nSPS) is 12.7. The first-order chi connectivity index (χ1) is 11.0. The van der Waals surface area contributed by atoms with Crippen molar-refractivity contribution in [3.8, 4) is 0 Å². The summed E-state index contributed by atoms with van der Waals surface area (Å²) >= 11 is 0. The van der Waals surface area contributed by atoms with Gasteiger partial charge in [-0.2, -0.15) is 10.2 Å². The van der Waals surface area contributed by atoms with Crippen molar-refractivity contribution >= 4 is 12.0 Å². The third-order valence-corrected chi connectivity index (χ3v) is 3.99. The van der Waals surface area contributed by atoms with E-state index in [0.717, 1.165) is 35.6 Å². The standard InChI is InChI=1S/C17H25N5O/c1-6-21-11-16(13(4)20-21)12(3)19-17(23)9-8-15-10-18-22(7-2)14(15)5/h8-12H,6-7H2,1-5H3,(H,19,23)/b9-8+. The molecule has 6 heteroatoms.